The van der Waals surface area contributed by atoms with Gasteiger partial charge in [0.25, 0.3) is 0 Å². The van der Waals surface area contributed by atoms with E-state index < -0.39 is 0 Å². The second-order valence-electron chi connectivity index (χ2n) is 10.2. The summed E-state index contributed by atoms with van der Waals surface area (Å²) in [6.45, 7) is 15.8. The predicted octanol–water partition coefficient (Wildman–Crippen LogP) is 4.21. The maximum Gasteiger partial charge on any atom is 0.122 e. The molecule has 2 aromatic carbocycles. The zero-order valence-corrected chi connectivity index (χ0v) is 22.4. The molecule has 0 aliphatic carbocycles. The van der Waals surface area contributed by atoms with E-state index in [4.69, 9.17) is 14.6 Å². The van der Waals surface area contributed by atoms with Crippen molar-refractivity contribution in [1.29, 1.82) is 0 Å². The molecule has 2 heterocycles. The van der Waals surface area contributed by atoms with Crippen LogP contribution in [0.5, 0.6) is 11.5 Å². The maximum atomic E-state index is 9.11. The summed E-state index contributed by atoms with van der Waals surface area (Å²) in [5.41, 5.74) is 4.81. The van der Waals surface area contributed by atoms with Gasteiger partial charge in [0.1, 0.15) is 11.5 Å². The van der Waals surface area contributed by atoms with Gasteiger partial charge in [0.15, 0.2) is 0 Å². The second kappa shape index (κ2) is 14.0. The van der Waals surface area contributed by atoms with E-state index >= 15 is 0 Å². The van der Waals surface area contributed by atoms with Crippen LogP contribution < -0.4 is 9.47 Å². The van der Waals surface area contributed by atoms with Crippen LogP contribution in [0.2, 0.25) is 0 Å². The number of ether oxygens (including phenoxy) is 2. The molecule has 198 valence electrons. The van der Waals surface area contributed by atoms with Gasteiger partial charge < -0.3 is 24.4 Å². The van der Waals surface area contributed by atoms with E-state index in [1.54, 1.807) is 0 Å². The number of hydrogen-bond acceptors (Lipinski definition) is 6. The van der Waals surface area contributed by atoms with Gasteiger partial charge in [-0.25, -0.2) is 0 Å². The third-order valence-electron chi connectivity index (χ3n) is 7.69. The summed E-state index contributed by atoms with van der Waals surface area (Å²) in [5, 5.41) is 9.11. The lowest BCUT2D eigenvalue weighted by atomic mass is 9.95. The van der Waals surface area contributed by atoms with Gasteiger partial charge in [0.2, 0.25) is 0 Å². The lowest BCUT2D eigenvalue weighted by Crippen LogP contribution is -2.47. The SMILES string of the molecule is Cc1c(OCCCN2CCCC2)cccc1-c1cccc(OCCCN2CCN(CCO)CC2)c1C. The minimum absolute atomic E-state index is 0.252. The summed E-state index contributed by atoms with van der Waals surface area (Å²) < 4.78 is 12.5. The number of aliphatic hydroxyl groups excluding tert-OH is 1. The van der Waals surface area contributed by atoms with E-state index in [2.05, 4.69) is 64.9 Å². The largest absolute Gasteiger partial charge is 0.493 e. The zero-order valence-electron chi connectivity index (χ0n) is 22.4. The summed E-state index contributed by atoms with van der Waals surface area (Å²) in [4.78, 5) is 7.37. The number of hydrogen-bond donors (Lipinski definition) is 1. The van der Waals surface area contributed by atoms with Crippen LogP contribution in [-0.4, -0.2) is 98.5 Å². The summed E-state index contributed by atoms with van der Waals surface area (Å²) in [6, 6.07) is 12.8. The first-order valence-corrected chi connectivity index (χ1v) is 13.9. The van der Waals surface area contributed by atoms with Gasteiger partial charge in [-0.1, -0.05) is 24.3 Å². The zero-order chi connectivity index (χ0) is 25.2. The van der Waals surface area contributed by atoms with Crippen LogP contribution in [0, 0.1) is 13.8 Å². The standard InChI is InChI=1S/C30H45N3O3/c1-25-27(9-5-11-29(25)35-23-7-15-31-13-3-4-14-31)28-10-6-12-30(26(28)2)36-24-8-16-32-17-19-33(20-18-32)21-22-34/h5-6,9-12,34H,3-4,7-8,13-24H2,1-2H3. The molecule has 0 unspecified atom stereocenters. The Balaban J connectivity index is 1.27. The van der Waals surface area contributed by atoms with E-state index in [-0.39, 0.29) is 6.61 Å². The first-order valence-electron chi connectivity index (χ1n) is 13.9. The van der Waals surface area contributed by atoms with Crippen LogP contribution in [-0.2, 0) is 0 Å². The second-order valence-corrected chi connectivity index (χ2v) is 10.2. The minimum Gasteiger partial charge on any atom is -0.493 e. The van der Waals surface area contributed by atoms with Gasteiger partial charge in [-0.2, -0.15) is 0 Å². The molecule has 1 N–H and O–H groups in total. The topological polar surface area (TPSA) is 48.4 Å². The van der Waals surface area contributed by atoms with Crippen molar-refractivity contribution in [1.82, 2.24) is 14.7 Å². The molecule has 6 nitrogen and oxygen atoms in total. The van der Waals surface area contributed by atoms with Gasteiger partial charge in [0.05, 0.1) is 19.8 Å². The lowest BCUT2D eigenvalue weighted by molar-refractivity contribution is 0.108. The Morgan fingerprint density at radius 1 is 0.639 bits per heavy atom. The molecule has 2 fully saturated rings. The highest BCUT2D eigenvalue weighted by Gasteiger charge is 2.16. The van der Waals surface area contributed by atoms with Crippen molar-refractivity contribution in [2.45, 2.75) is 39.5 Å². The molecule has 0 aromatic heterocycles. The van der Waals surface area contributed by atoms with Crippen molar-refractivity contribution in [2.24, 2.45) is 0 Å². The van der Waals surface area contributed by atoms with Gasteiger partial charge in [0, 0.05) is 45.8 Å². The Bertz CT molecular complexity index is 937. The molecule has 36 heavy (non-hydrogen) atoms. The predicted molar refractivity (Wildman–Crippen MR) is 147 cm³/mol. The Labute approximate surface area is 217 Å². The quantitative estimate of drug-likeness (QED) is 0.420. The molecule has 2 aliphatic rings. The van der Waals surface area contributed by atoms with E-state index in [9.17, 15) is 0 Å². The highest BCUT2D eigenvalue weighted by Crippen LogP contribution is 2.35. The molecule has 2 aromatic rings. The maximum absolute atomic E-state index is 9.11. The van der Waals surface area contributed by atoms with Crippen molar-refractivity contribution < 1.29 is 14.6 Å². The molecule has 0 spiro atoms. The minimum atomic E-state index is 0.252. The van der Waals surface area contributed by atoms with Crippen LogP contribution in [0.25, 0.3) is 11.1 Å². The fourth-order valence-corrected chi connectivity index (χ4v) is 5.45. The van der Waals surface area contributed by atoms with E-state index in [1.807, 2.05) is 0 Å². The van der Waals surface area contributed by atoms with Gasteiger partial charge in [-0.05, 0) is 87.0 Å². The normalized spacial score (nSPS) is 17.5. The first-order chi connectivity index (χ1) is 17.7. The smallest absolute Gasteiger partial charge is 0.122 e. The number of β-amino-alcohol motifs (C(OH)–C–C–N with tert-alkyl or cyclic N) is 1. The van der Waals surface area contributed by atoms with Crippen LogP contribution in [0.3, 0.4) is 0 Å². The average Bonchev–Trinajstić information content (AvgIpc) is 3.41. The first kappa shape index (κ1) is 26.9. The highest BCUT2D eigenvalue weighted by molar-refractivity contribution is 5.74. The van der Waals surface area contributed by atoms with Crippen LogP contribution in [0.4, 0.5) is 0 Å². The molecule has 2 aliphatic heterocycles. The average molecular weight is 496 g/mol. The monoisotopic (exact) mass is 495 g/mol. The van der Waals surface area contributed by atoms with E-state index in [0.717, 1.165) is 83.4 Å². The third kappa shape index (κ3) is 7.45. The molecule has 0 saturated carbocycles. The molecule has 0 atom stereocenters. The van der Waals surface area contributed by atoms with Crippen molar-refractivity contribution in [3.8, 4) is 22.6 Å². The molecule has 6 heteroatoms. The van der Waals surface area contributed by atoms with Gasteiger partial charge >= 0.3 is 0 Å². The number of benzene rings is 2. The van der Waals surface area contributed by atoms with Gasteiger partial charge in [-0.15, -0.1) is 0 Å². The highest BCUT2D eigenvalue weighted by atomic mass is 16.5. The van der Waals surface area contributed by atoms with Crippen LogP contribution >= 0.6 is 0 Å². The van der Waals surface area contributed by atoms with E-state index in [1.165, 1.54) is 48.2 Å². The number of rotatable bonds is 13. The number of likely N-dealkylation sites (tertiary alicyclic amines) is 1. The molecular formula is C30H45N3O3. The van der Waals surface area contributed by atoms with E-state index in [0.29, 0.717) is 0 Å². The summed E-state index contributed by atoms with van der Waals surface area (Å²) >= 11 is 0. The molecule has 0 radical (unpaired) electrons. The third-order valence-corrected chi connectivity index (χ3v) is 7.69. The molecule has 2 saturated heterocycles. The van der Waals surface area contributed by atoms with Crippen molar-refractivity contribution in [2.75, 3.05) is 78.7 Å². The Kier molecular flexibility index (Phi) is 10.5. The number of nitrogens with zero attached hydrogens (tertiary/aromatic N) is 3. The summed E-state index contributed by atoms with van der Waals surface area (Å²) in [6.07, 6.45) is 4.77. The summed E-state index contributed by atoms with van der Waals surface area (Å²) in [5.74, 6) is 1.95. The molecule has 0 bridgehead atoms. The number of aliphatic hydroxyl groups is 1. The molecule has 4 rings (SSSR count). The van der Waals surface area contributed by atoms with Crippen molar-refractivity contribution in [3.63, 3.8) is 0 Å². The Morgan fingerprint density at radius 2 is 1.08 bits per heavy atom. The molecule has 0 amide bonds. The Hall–Kier alpha value is -2.12. The van der Waals surface area contributed by atoms with Crippen molar-refractivity contribution in [3.05, 3.63) is 47.5 Å². The lowest BCUT2D eigenvalue weighted by Gasteiger charge is -2.34. The fraction of sp³-hybridized carbons (Fsp3) is 0.600. The summed E-state index contributed by atoms with van der Waals surface area (Å²) in [7, 11) is 0. The van der Waals surface area contributed by atoms with Crippen LogP contribution in [0.15, 0.2) is 36.4 Å². The Morgan fingerprint density at radius 3 is 1.56 bits per heavy atom. The fourth-order valence-electron chi connectivity index (χ4n) is 5.45. The van der Waals surface area contributed by atoms with Gasteiger partial charge in [-0.3, -0.25) is 4.90 Å². The van der Waals surface area contributed by atoms with Crippen molar-refractivity contribution >= 4 is 0 Å². The number of piperazine rings is 1. The van der Waals surface area contributed by atoms with Crippen LogP contribution in [0.1, 0.15) is 36.8 Å². The molecular weight excluding hydrogens is 450 g/mol.